The third kappa shape index (κ3) is 3.52. The van der Waals surface area contributed by atoms with Gasteiger partial charge in [0.15, 0.2) is 0 Å². The van der Waals surface area contributed by atoms with Crippen molar-refractivity contribution in [1.82, 2.24) is 5.32 Å². The Kier molecular flexibility index (Phi) is 5.31. The molecule has 2 atom stereocenters. The summed E-state index contributed by atoms with van der Waals surface area (Å²) in [6.45, 7) is 3.90. The summed E-state index contributed by atoms with van der Waals surface area (Å²) in [7, 11) is 0. The lowest BCUT2D eigenvalue weighted by Gasteiger charge is -2.27. The van der Waals surface area contributed by atoms with Gasteiger partial charge in [0.05, 0.1) is 6.07 Å². The number of nitriles is 1. The minimum absolute atomic E-state index is 0.0134. The molecule has 1 N–H and O–H groups in total. The summed E-state index contributed by atoms with van der Waals surface area (Å²) in [5, 5.41) is 12.0. The maximum Gasteiger partial charge on any atom is 0.223 e. The van der Waals surface area contributed by atoms with E-state index in [9.17, 15) is 4.79 Å². The highest BCUT2D eigenvalue weighted by atomic mass is 16.1. The first-order valence-corrected chi connectivity index (χ1v) is 6.39. The Labute approximate surface area is 98.2 Å². The van der Waals surface area contributed by atoms with Crippen molar-refractivity contribution < 1.29 is 4.79 Å². The van der Waals surface area contributed by atoms with E-state index < -0.39 is 0 Å². The van der Waals surface area contributed by atoms with Crippen molar-refractivity contribution in [2.75, 3.05) is 0 Å². The molecule has 0 aromatic rings. The highest BCUT2D eigenvalue weighted by Gasteiger charge is 2.25. The van der Waals surface area contributed by atoms with Gasteiger partial charge in [-0.3, -0.25) is 4.79 Å². The van der Waals surface area contributed by atoms with Crippen molar-refractivity contribution in [3.63, 3.8) is 0 Å². The summed E-state index contributed by atoms with van der Waals surface area (Å²) in [5.74, 6) is 0.408. The molecule has 1 amide bonds. The molecule has 1 saturated carbocycles. The zero-order valence-corrected chi connectivity index (χ0v) is 10.3. The van der Waals surface area contributed by atoms with Gasteiger partial charge in [0.25, 0.3) is 0 Å². The molecular formula is C13H22N2O. The van der Waals surface area contributed by atoms with Gasteiger partial charge in [0, 0.05) is 5.92 Å². The smallest absolute Gasteiger partial charge is 0.223 e. The van der Waals surface area contributed by atoms with Crippen molar-refractivity contribution in [1.29, 1.82) is 5.26 Å². The molecule has 0 radical (unpaired) electrons. The molecule has 0 aliphatic heterocycles. The van der Waals surface area contributed by atoms with Crippen LogP contribution in [0.25, 0.3) is 0 Å². The fraction of sp³-hybridized carbons (Fsp3) is 0.846. The van der Waals surface area contributed by atoms with Crippen LogP contribution in [-0.2, 0) is 4.79 Å². The van der Waals surface area contributed by atoms with Crippen molar-refractivity contribution >= 4 is 5.91 Å². The van der Waals surface area contributed by atoms with Gasteiger partial charge in [-0.25, -0.2) is 0 Å². The predicted octanol–water partition coefficient (Wildman–Crippen LogP) is 2.62. The first-order chi connectivity index (χ1) is 7.69. The maximum atomic E-state index is 11.7. The largest absolute Gasteiger partial charge is 0.340 e. The van der Waals surface area contributed by atoms with Gasteiger partial charge < -0.3 is 5.32 Å². The molecule has 0 bridgehead atoms. The van der Waals surface area contributed by atoms with E-state index in [0.29, 0.717) is 5.92 Å². The van der Waals surface area contributed by atoms with Gasteiger partial charge in [-0.2, -0.15) is 5.26 Å². The fourth-order valence-electron chi connectivity index (χ4n) is 2.20. The summed E-state index contributed by atoms with van der Waals surface area (Å²) in [6.07, 6.45) is 6.66. The molecule has 1 rings (SSSR count). The van der Waals surface area contributed by atoms with Crippen LogP contribution in [0.5, 0.6) is 0 Å². The number of hydrogen-bond donors (Lipinski definition) is 1. The van der Waals surface area contributed by atoms with Crippen LogP contribution in [0.3, 0.4) is 0 Å². The van der Waals surface area contributed by atoms with E-state index in [1.165, 1.54) is 19.3 Å². The van der Waals surface area contributed by atoms with Crippen LogP contribution in [-0.4, -0.2) is 11.9 Å². The minimum Gasteiger partial charge on any atom is -0.340 e. The normalized spacial score (nSPS) is 20.8. The summed E-state index contributed by atoms with van der Waals surface area (Å²) < 4.78 is 0. The number of carbonyl (C=O) groups is 1. The molecule has 0 heterocycles. The Morgan fingerprint density at radius 2 is 2.06 bits per heavy atom. The zero-order valence-electron chi connectivity index (χ0n) is 10.3. The Balaban J connectivity index is 2.48. The van der Waals surface area contributed by atoms with Crippen LogP contribution in [0, 0.1) is 23.2 Å². The molecule has 1 fully saturated rings. The average Bonchev–Trinajstić information content (AvgIpc) is 2.35. The lowest BCUT2D eigenvalue weighted by atomic mass is 9.84. The fourth-order valence-corrected chi connectivity index (χ4v) is 2.20. The number of rotatable bonds is 4. The third-order valence-corrected chi connectivity index (χ3v) is 3.62. The van der Waals surface area contributed by atoms with Gasteiger partial charge in [0.1, 0.15) is 6.04 Å². The maximum absolute atomic E-state index is 11.7. The van der Waals surface area contributed by atoms with Crippen LogP contribution >= 0.6 is 0 Å². The number of amides is 1. The van der Waals surface area contributed by atoms with Gasteiger partial charge >= 0.3 is 0 Å². The Hall–Kier alpha value is -1.04. The lowest BCUT2D eigenvalue weighted by molar-refractivity contribution is -0.125. The molecule has 0 aromatic heterocycles. The molecule has 3 nitrogen and oxygen atoms in total. The molecule has 16 heavy (non-hydrogen) atoms. The van der Waals surface area contributed by atoms with Gasteiger partial charge in [-0.05, 0) is 25.2 Å². The number of hydrogen-bond acceptors (Lipinski definition) is 2. The van der Waals surface area contributed by atoms with E-state index in [1.807, 2.05) is 13.8 Å². The molecule has 3 heteroatoms. The molecule has 2 unspecified atom stereocenters. The molecule has 1 aliphatic carbocycles. The van der Waals surface area contributed by atoms with E-state index in [2.05, 4.69) is 11.4 Å². The van der Waals surface area contributed by atoms with Gasteiger partial charge in [-0.15, -0.1) is 0 Å². The molecule has 0 saturated heterocycles. The van der Waals surface area contributed by atoms with E-state index >= 15 is 0 Å². The predicted molar refractivity (Wildman–Crippen MR) is 63.6 cm³/mol. The Morgan fingerprint density at radius 1 is 1.44 bits per heavy atom. The molecular weight excluding hydrogens is 200 g/mol. The third-order valence-electron chi connectivity index (χ3n) is 3.62. The van der Waals surface area contributed by atoms with Crippen molar-refractivity contribution in [3.8, 4) is 6.07 Å². The second-order valence-corrected chi connectivity index (χ2v) is 4.82. The summed E-state index contributed by atoms with van der Waals surface area (Å²) in [6, 6.07) is 1.97. The summed E-state index contributed by atoms with van der Waals surface area (Å²) in [4.78, 5) is 11.7. The zero-order chi connectivity index (χ0) is 12.0. The quantitative estimate of drug-likeness (QED) is 0.795. The highest BCUT2D eigenvalue weighted by molar-refractivity contribution is 5.78. The van der Waals surface area contributed by atoms with E-state index in [4.69, 9.17) is 5.26 Å². The highest BCUT2D eigenvalue weighted by Crippen LogP contribution is 2.26. The minimum atomic E-state index is -0.276. The first kappa shape index (κ1) is 13.0. The van der Waals surface area contributed by atoms with Gasteiger partial charge in [0.2, 0.25) is 5.91 Å². The van der Waals surface area contributed by atoms with Crippen LogP contribution < -0.4 is 5.32 Å². The Morgan fingerprint density at radius 3 is 2.56 bits per heavy atom. The van der Waals surface area contributed by atoms with Crippen molar-refractivity contribution in [2.45, 2.75) is 58.4 Å². The summed E-state index contributed by atoms with van der Waals surface area (Å²) in [5.41, 5.74) is 0. The number of nitrogens with one attached hydrogen (secondary N) is 1. The van der Waals surface area contributed by atoms with Crippen LogP contribution in [0.2, 0.25) is 0 Å². The van der Waals surface area contributed by atoms with Crippen LogP contribution in [0.4, 0.5) is 0 Å². The van der Waals surface area contributed by atoms with E-state index in [0.717, 1.165) is 19.3 Å². The first-order valence-electron chi connectivity index (χ1n) is 6.39. The van der Waals surface area contributed by atoms with Crippen LogP contribution in [0.15, 0.2) is 0 Å². The number of nitrogens with zero attached hydrogens (tertiary/aromatic N) is 1. The average molecular weight is 222 g/mol. The second-order valence-electron chi connectivity index (χ2n) is 4.82. The Bertz CT molecular complexity index is 264. The van der Waals surface area contributed by atoms with E-state index in [1.54, 1.807) is 0 Å². The van der Waals surface area contributed by atoms with Crippen molar-refractivity contribution in [2.24, 2.45) is 11.8 Å². The monoisotopic (exact) mass is 222 g/mol. The topological polar surface area (TPSA) is 52.9 Å². The molecule has 0 aromatic carbocycles. The molecule has 0 spiro atoms. The lowest BCUT2D eigenvalue weighted by Crippen LogP contribution is -2.42. The van der Waals surface area contributed by atoms with Crippen molar-refractivity contribution in [3.05, 3.63) is 0 Å². The SMILES string of the molecule is CCC(C)C(=O)NC(C#N)C1CCCCC1. The molecule has 1 aliphatic rings. The van der Waals surface area contributed by atoms with E-state index in [-0.39, 0.29) is 17.9 Å². The van der Waals surface area contributed by atoms with Gasteiger partial charge in [-0.1, -0.05) is 33.1 Å². The molecule has 90 valence electrons. The van der Waals surface area contributed by atoms with Crippen LogP contribution in [0.1, 0.15) is 52.4 Å². The number of carbonyl (C=O) groups excluding carboxylic acids is 1. The standard InChI is InChI=1S/C13H22N2O/c1-3-10(2)13(16)15-12(9-14)11-7-5-4-6-8-11/h10-12H,3-8H2,1-2H3,(H,15,16). The second kappa shape index (κ2) is 6.52. The summed E-state index contributed by atoms with van der Waals surface area (Å²) >= 11 is 0.